The van der Waals surface area contributed by atoms with Gasteiger partial charge in [-0.2, -0.15) is 0 Å². The lowest BCUT2D eigenvalue weighted by Crippen LogP contribution is -2.12. The van der Waals surface area contributed by atoms with Gasteiger partial charge in [0.15, 0.2) is 5.13 Å². The largest absolute Gasteiger partial charge is 0.263 e. The topological polar surface area (TPSA) is 59.1 Å². The first kappa shape index (κ1) is 11.8. The number of aromatic nitrogens is 1. The van der Waals surface area contributed by atoms with Gasteiger partial charge in [-0.15, -0.1) is 0 Å². The molecule has 0 radical (unpaired) electrons. The third-order valence-corrected chi connectivity index (χ3v) is 4.88. The van der Waals surface area contributed by atoms with E-state index in [-0.39, 0.29) is 4.90 Å². The fraction of sp³-hybridized carbons (Fsp3) is 0. The zero-order valence-electron chi connectivity index (χ0n) is 7.92. The van der Waals surface area contributed by atoms with Crippen LogP contribution in [-0.4, -0.2) is 13.4 Å². The van der Waals surface area contributed by atoms with Crippen molar-refractivity contribution in [1.29, 1.82) is 0 Å². The Kier molecular flexibility index (Phi) is 3.45. The summed E-state index contributed by atoms with van der Waals surface area (Å²) in [6, 6.07) is 8.22. The second-order valence-corrected chi connectivity index (χ2v) is 7.50. The van der Waals surface area contributed by atoms with Gasteiger partial charge in [0, 0.05) is 0 Å². The maximum Gasteiger partial charge on any atom is 0.263 e. The molecule has 1 heterocycles. The number of sulfonamides is 1. The van der Waals surface area contributed by atoms with Crippen LogP contribution in [0.25, 0.3) is 0 Å². The fourth-order valence-electron chi connectivity index (χ4n) is 1.08. The minimum absolute atomic E-state index is 0.236. The first-order chi connectivity index (χ1) is 7.58. The molecule has 16 heavy (non-hydrogen) atoms. The molecule has 0 saturated carbocycles. The van der Waals surface area contributed by atoms with Crippen molar-refractivity contribution < 1.29 is 8.42 Å². The minimum atomic E-state index is -3.51. The van der Waals surface area contributed by atoms with Crippen LogP contribution >= 0.6 is 33.9 Å². The normalized spacial score (nSPS) is 11.3. The summed E-state index contributed by atoms with van der Waals surface area (Å²) in [6.07, 6.45) is 1.62. The Balaban J connectivity index is 2.28. The molecule has 0 spiro atoms. The first-order valence-corrected chi connectivity index (χ1v) is 7.65. The Labute approximate surface area is 111 Å². The molecule has 0 aliphatic heterocycles. The Morgan fingerprint density at radius 1 is 1.25 bits per heavy atom. The van der Waals surface area contributed by atoms with Gasteiger partial charge >= 0.3 is 0 Å². The third-order valence-electron chi connectivity index (χ3n) is 1.75. The Hall–Kier alpha value is -0.670. The molecule has 2 rings (SSSR count). The number of nitrogens with zero attached hydrogens (tertiary/aromatic N) is 1. The highest BCUT2D eigenvalue weighted by atomic mass is 127. The van der Waals surface area contributed by atoms with E-state index in [0.717, 1.165) is 2.88 Å². The molecule has 2 aromatic rings. The molecule has 1 aromatic carbocycles. The van der Waals surface area contributed by atoms with Crippen LogP contribution in [0, 0.1) is 2.88 Å². The van der Waals surface area contributed by atoms with Gasteiger partial charge in [-0.05, 0) is 34.7 Å². The second-order valence-electron chi connectivity index (χ2n) is 2.89. The number of halogens is 1. The molecular weight excluding hydrogens is 359 g/mol. The van der Waals surface area contributed by atoms with Gasteiger partial charge in [-0.25, -0.2) is 13.4 Å². The molecule has 0 aliphatic carbocycles. The highest BCUT2D eigenvalue weighted by Crippen LogP contribution is 2.22. The van der Waals surface area contributed by atoms with Crippen LogP contribution in [0.1, 0.15) is 0 Å². The molecule has 4 nitrogen and oxygen atoms in total. The molecule has 0 amide bonds. The van der Waals surface area contributed by atoms with E-state index >= 15 is 0 Å². The van der Waals surface area contributed by atoms with Crippen molar-refractivity contribution in [2.24, 2.45) is 0 Å². The van der Waals surface area contributed by atoms with E-state index in [9.17, 15) is 8.42 Å². The Morgan fingerprint density at radius 2 is 1.94 bits per heavy atom. The summed E-state index contributed by atoms with van der Waals surface area (Å²) in [5.41, 5.74) is 0. The van der Waals surface area contributed by atoms with E-state index in [1.54, 1.807) is 36.5 Å². The predicted octanol–water partition coefficient (Wildman–Crippen LogP) is 2.55. The van der Waals surface area contributed by atoms with E-state index in [0.29, 0.717) is 5.13 Å². The monoisotopic (exact) mass is 366 g/mol. The summed E-state index contributed by atoms with van der Waals surface area (Å²) >= 11 is 3.38. The quantitative estimate of drug-likeness (QED) is 0.850. The van der Waals surface area contributed by atoms with Crippen LogP contribution in [0.4, 0.5) is 5.13 Å². The zero-order chi connectivity index (χ0) is 11.6. The fourth-order valence-corrected chi connectivity index (χ4v) is 3.65. The van der Waals surface area contributed by atoms with Crippen molar-refractivity contribution in [2.45, 2.75) is 4.90 Å². The average Bonchev–Trinajstić information content (AvgIpc) is 2.64. The van der Waals surface area contributed by atoms with Crippen LogP contribution in [0.2, 0.25) is 0 Å². The number of rotatable bonds is 3. The van der Waals surface area contributed by atoms with Gasteiger partial charge in [-0.3, -0.25) is 4.72 Å². The molecule has 0 fully saturated rings. The van der Waals surface area contributed by atoms with Gasteiger partial charge < -0.3 is 0 Å². The lowest BCUT2D eigenvalue weighted by molar-refractivity contribution is 0.601. The van der Waals surface area contributed by atoms with E-state index in [2.05, 4.69) is 32.3 Å². The second kappa shape index (κ2) is 4.68. The maximum absolute atomic E-state index is 11.9. The number of thiazole rings is 1. The summed E-state index contributed by atoms with van der Waals surface area (Å²) in [5, 5.41) is 0.383. The van der Waals surface area contributed by atoms with Crippen molar-refractivity contribution in [3.63, 3.8) is 0 Å². The SMILES string of the molecule is O=S(=O)(Nc1ncc(I)s1)c1ccccc1. The van der Waals surface area contributed by atoms with E-state index in [1.165, 1.54) is 11.3 Å². The maximum atomic E-state index is 11.9. The van der Waals surface area contributed by atoms with Crippen LogP contribution < -0.4 is 4.72 Å². The van der Waals surface area contributed by atoms with Crippen LogP contribution in [0.3, 0.4) is 0 Å². The summed E-state index contributed by atoms with van der Waals surface area (Å²) < 4.78 is 27.1. The van der Waals surface area contributed by atoms with Gasteiger partial charge in [-0.1, -0.05) is 29.5 Å². The predicted molar refractivity (Wildman–Crippen MR) is 72.1 cm³/mol. The number of anilines is 1. The van der Waals surface area contributed by atoms with E-state index in [1.807, 2.05) is 0 Å². The highest BCUT2D eigenvalue weighted by molar-refractivity contribution is 14.1. The zero-order valence-corrected chi connectivity index (χ0v) is 11.7. The van der Waals surface area contributed by atoms with Crippen molar-refractivity contribution in [3.8, 4) is 0 Å². The lowest BCUT2D eigenvalue weighted by Gasteiger charge is -2.03. The Morgan fingerprint density at radius 3 is 2.50 bits per heavy atom. The van der Waals surface area contributed by atoms with Gasteiger partial charge in [0.25, 0.3) is 10.0 Å². The minimum Gasteiger partial charge on any atom is -0.255 e. The van der Waals surface area contributed by atoms with Gasteiger partial charge in [0.2, 0.25) is 0 Å². The highest BCUT2D eigenvalue weighted by Gasteiger charge is 2.14. The molecule has 0 unspecified atom stereocenters. The Bertz CT molecular complexity index is 581. The smallest absolute Gasteiger partial charge is 0.255 e. The van der Waals surface area contributed by atoms with Crippen molar-refractivity contribution in [2.75, 3.05) is 4.72 Å². The van der Waals surface area contributed by atoms with Crippen LogP contribution in [0.5, 0.6) is 0 Å². The standard InChI is InChI=1S/C9H7IN2O2S2/c10-8-6-11-9(15-8)12-16(13,14)7-4-2-1-3-5-7/h1-6H,(H,11,12). The third kappa shape index (κ3) is 2.71. The molecule has 7 heteroatoms. The molecule has 84 valence electrons. The summed E-state index contributed by atoms with van der Waals surface area (Å²) in [7, 11) is -3.51. The first-order valence-electron chi connectivity index (χ1n) is 4.27. The molecule has 1 N–H and O–H groups in total. The number of benzene rings is 1. The average molecular weight is 366 g/mol. The molecule has 0 bridgehead atoms. The van der Waals surface area contributed by atoms with Crippen molar-refractivity contribution in [1.82, 2.24) is 4.98 Å². The molecule has 0 atom stereocenters. The molecular formula is C9H7IN2O2S2. The van der Waals surface area contributed by atoms with E-state index in [4.69, 9.17) is 0 Å². The summed E-state index contributed by atoms with van der Waals surface area (Å²) in [5.74, 6) is 0. The number of hydrogen-bond acceptors (Lipinski definition) is 4. The van der Waals surface area contributed by atoms with Crippen LogP contribution in [-0.2, 0) is 10.0 Å². The molecule has 1 aromatic heterocycles. The molecule has 0 saturated heterocycles. The van der Waals surface area contributed by atoms with E-state index < -0.39 is 10.0 Å². The molecule has 0 aliphatic rings. The van der Waals surface area contributed by atoms with Gasteiger partial charge in [0.05, 0.1) is 14.0 Å². The van der Waals surface area contributed by atoms with Gasteiger partial charge in [0.1, 0.15) is 0 Å². The number of nitrogens with one attached hydrogen (secondary N) is 1. The van der Waals surface area contributed by atoms with Crippen molar-refractivity contribution >= 4 is 49.1 Å². The lowest BCUT2D eigenvalue weighted by atomic mass is 10.4. The summed E-state index contributed by atoms with van der Waals surface area (Å²) in [6.45, 7) is 0. The number of hydrogen-bond donors (Lipinski definition) is 1. The summed E-state index contributed by atoms with van der Waals surface area (Å²) in [4.78, 5) is 4.18. The van der Waals surface area contributed by atoms with Crippen LogP contribution in [0.15, 0.2) is 41.4 Å². The van der Waals surface area contributed by atoms with Crippen molar-refractivity contribution in [3.05, 3.63) is 39.4 Å².